The number of benzene rings is 1. The predicted molar refractivity (Wildman–Crippen MR) is 112 cm³/mol. The van der Waals surface area contributed by atoms with Crippen molar-refractivity contribution in [3.05, 3.63) is 47.8 Å². The minimum atomic E-state index is -0.102. The molecule has 0 N–H and O–H groups in total. The fourth-order valence-electron chi connectivity index (χ4n) is 3.87. The number of carbonyl (C=O) groups is 1. The highest BCUT2D eigenvalue weighted by atomic mass is 16.2. The third-order valence-corrected chi connectivity index (χ3v) is 5.58. The monoisotopic (exact) mass is 376 g/mol. The van der Waals surface area contributed by atoms with Crippen LogP contribution in [0, 0.1) is 6.92 Å². The third kappa shape index (κ3) is 3.30. The Morgan fingerprint density at radius 1 is 1.21 bits per heavy atom. The van der Waals surface area contributed by atoms with Crippen LogP contribution in [0.1, 0.15) is 56.5 Å². The van der Waals surface area contributed by atoms with Crippen molar-refractivity contribution >= 4 is 16.8 Å². The van der Waals surface area contributed by atoms with E-state index in [0.717, 1.165) is 52.7 Å². The zero-order chi connectivity index (χ0) is 20.1. The molecule has 146 valence electrons. The van der Waals surface area contributed by atoms with Gasteiger partial charge in [-0.25, -0.2) is 4.98 Å². The highest BCUT2D eigenvalue weighted by Gasteiger charge is 2.28. The number of nitrogens with zero attached hydrogens (tertiary/aromatic N) is 4. The first-order valence-electron chi connectivity index (χ1n) is 10.0. The van der Waals surface area contributed by atoms with Gasteiger partial charge in [0, 0.05) is 29.7 Å². The van der Waals surface area contributed by atoms with Crippen LogP contribution in [0.25, 0.3) is 22.2 Å². The average Bonchev–Trinajstić information content (AvgIpc) is 3.28. The lowest BCUT2D eigenvalue weighted by Crippen LogP contribution is -2.33. The van der Waals surface area contributed by atoms with Gasteiger partial charge in [-0.05, 0) is 65.2 Å². The Hall–Kier alpha value is -2.69. The van der Waals surface area contributed by atoms with Crippen molar-refractivity contribution in [1.29, 1.82) is 0 Å². The number of aromatic nitrogens is 3. The van der Waals surface area contributed by atoms with Crippen LogP contribution in [0.5, 0.6) is 0 Å². The predicted octanol–water partition coefficient (Wildman–Crippen LogP) is 4.79. The molecule has 1 amide bonds. The van der Waals surface area contributed by atoms with Gasteiger partial charge in [0.15, 0.2) is 0 Å². The Labute approximate surface area is 166 Å². The molecule has 28 heavy (non-hydrogen) atoms. The number of rotatable bonds is 2. The summed E-state index contributed by atoms with van der Waals surface area (Å²) in [6.45, 7) is 11.4. The molecule has 3 heterocycles. The summed E-state index contributed by atoms with van der Waals surface area (Å²) in [4.78, 5) is 20.2. The van der Waals surface area contributed by atoms with Gasteiger partial charge >= 0.3 is 0 Å². The van der Waals surface area contributed by atoms with Gasteiger partial charge in [-0.1, -0.05) is 12.1 Å². The number of fused-ring (bicyclic) bond motifs is 1. The molecule has 1 aromatic carbocycles. The maximum atomic E-state index is 13.4. The molecule has 1 fully saturated rings. The molecule has 1 unspecified atom stereocenters. The van der Waals surface area contributed by atoms with Crippen molar-refractivity contribution in [2.24, 2.45) is 0 Å². The molecule has 0 spiro atoms. The summed E-state index contributed by atoms with van der Waals surface area (Å²) >= 11 is 0. The van der Waals surface area contributed by atoms with E-state index in [2.05, 4.69) is 45.8 Å². The molecule has 1 aliphatic rings. The second-order valence-corrected chi connectivity index (χ2v) is 8.91. The van der Waals surface area contributed by atoms with Gasteiger partial charge in [0.2, 0.25) is 0 Å². The topological polar surface area (TPSA) is 51.0 Å². The molecule has 0 radical (unpaired) electrons. The van der Waals surface area contributed by atoms with Crippen molar-refractivity contribution in [2.75, 3.05) is 6.54 Å². The highest BCUT2D eigenvalue weighted by Crippen LogP contribution is 2.29. The summed E-state index contributed by atoms with van der Waals surface area (Å²) in [7, 11) is 0. The van der Waals surface area contributed by atoms with E-state index in [1.165, 1.54) is 0 Å². The first-order valence-corrected chi connectivity index (χ1v) is 10.0. The van der Waals surface area contributed by atoms with E-state index in [0.29, 0.717) is 0 Å². The minimum Gasteiger partial charge on any atom is -0.336 e. The second-order valence-electron chi connectivity index (χ2n) is 8.91. The Morgan fingerprint density at radius 2 is 2.00 bits per heavy atom. The van der Waals surface area contributed by atoms with Crippen LogP contribution in [0.15, 0.2) is 36.7 Å². The molecular weight excluding hydrogens is 348 g/mol. The van der Waals surface area contributed by atoms with Crippen LogP contribution in [0.4, 0.5) is 0 Å². The largest absolute Gasteiger partial charge is 0.336 e. The van der Waals surface area contributed by atoms with Crippen molar-refractivity contribution in [3.63, 3.8) is 0 Å². The van der Waals surface area contributed by atoms with Gasteiger partial charge in [-0.3, -0.25) is 9.48 Å². The number of pyridine rings is 1. The Morgan fingerprint density at radius 3 is 2.64 bits per heavy atom. The summed E-state index contributed by atoms with van der Waals surface area (Å²) in [5, 5.41) is 5.43. The van der Waals surface area contributed by atoms with Crippen LogP contribution < -0.4 is 0 Å². The SMILES string of the molecule is Cc1ccc2c(C(=O)N3CCCC3C)cc(-c3cnn(C(C)(C)C)c3)nc2c1. The second kappa shape index (κ2) is 6.73. The lowest BCUT2D eigenvalue weighted by Gasteiger charge is -2.22. The number of likely N-dealkylation sites (tertiary alicyclic amines) is 1. The summed E-state index contributed by atoms with van der Waals surface area (Å²) in [5.74, 6) is 0.103. The average molecular weight is 377 g/mol. The van der Waals surface area contributed by atoms with Crippen LogP contribution in [-0.4, -0.2) is 38.2 Å². The van der Waals surface area contributed by atoms with Gasteiger partial charge in [-0.2, -0.15) is 5.10 Å². The number of hydrogen-bond donors (Lipinski definition) is 0. The summed E-state index contributed by atoms with van der Waals surface area (Å²) in [6.07, 6.45) is 5.98. The van der Waals surface area contributed by atoms with Gasteiger partial charge in [0.1, 0.15) is 0 Å². The smallest absolute Gasteiger partial charge is 0.254 e. The van der Waals surface area contributed by atoms with Gasteiger partial charge in [0.25, 0.3) is 5.91 Å². The number of amides is 1. The summed E-state index contributed by atoms with van der Waals surface area (Å²) in [6, 6.07) is 8.35. The fourth-order valence-corrected chi connectivity index (χ4v) is 3.87. The maximum absolute atomic E-state index is 13.4. The van der Waals surface area contributed by atoms with Crippen LogP contribution in [-0.2, 0) is 5.54 Å². The van der Waals surface area contributed by atoms with Crippen molar-refractivity contribution in [2.45, 2.75) is 59.0 Å². The molecule has 1 atom stereocenters. The molecule has 5 nitrogen and oxygen atoms in total. The molecule has 3 aromatic rings. The van der Waals surface area contributed by atoms with E-state index in [4.69, 9.17) is 4.98 Å². The molecule has 0 saturated carbocycles. The normalized spacial score (nSPS) is 17.5. The number of carbonyl (C=O) groups excluding carboxylic acids is 1. The molecule has 0 aliphatic carbocycles. The molecule has 2 aromatic heterocycles. The number of hydrogen-bond acceptors (Lipinski definition) is 3. The lowest BCUT2D eigenvalue weighted by molar-refractivity contribution is 0.0749. The van der Waals surface area contributed by atoms with Crippen LogP contribution in [0.3, 0.4) is 0 Å². The van der Waals surface area contributed by atoms with Gasteiger partial charge < -0.3 is 4.90 Å². The molecule has 1 saturated heterocycles. The maximum Gasteiger partial charge on any atom is 0.254 e. The van der Waals surface area contributed by atoms with Crippen molar-refractivity contribution < 1.29 is 4.79 Å². The van der Waals surface area contributed by atoms with E-state index in [-0.39, 0.29) is 17.5 Å². The minimum absolute atomic E-state index is 0.102. The van der Waals surface area contributed by atoms with E-state index in [1.807, 2.05) is 40.2 Å². The highest BCUT2D eigenvalue weighted by molar-refractivity contribution is 6.07. The molecule has 5 heteroatoms. The van der Waals surface area contributed by atoms with Gasteiger partial charge in [-0.15, -0.1) is 0 Å². The zero-order valence-electron chi connectivity index (χ0n) is 17.4. The first-order chi connectivity index (χ1) is 13.2. The zero-order valence-corrected chi connectivity index (χ0v) is 17.4. The molecule has 4 rings (SSSR count). The molecule has 1 aliphatic heterocycles. The molecular formula is C23H28N4O. The quantitative estimate of drug-likeness (QED) is 0.646. The van der Waals surface area contributed by atoms with Gasteiger partial charge in [0.05, 0.1) is 28.5 Å². The van der Waals surface area contributed by atoms with E-state index in [1.54, 1.807) is 0 Å². The van der Waals surface area contributed by atoms with E-state index < -0.39 is 0 Å². The number of aryl methyl sites for hydroxylation is 1. The Balaban J connectivity index is 1.86. The Bertz CT molecular complexity index is 1040. The van der Waals surface area contributed by atoms with Crippen molar-refractivity contribution in [3.8, 4) is 11.3 Å². The van der Waals surface area contributed by atoms with Crippen LogP contribution in [0.2, 0.25) is 0 Å². The van der Waals surface area contributed by atoms with Crippen molar-refractivity contribution in [1.82, 2.24) is 19.7 Å². The Kier molecular flexibility index (Phi) is 4.48. The summed E-state index contributed by atoms with van der Waals surface area (Å²) < 4.78 is 1.94. The van der Waals surface area contributed by atoms with E-state index in [9.17, 15) is 4.79 Å². The fraction of sp³-hybridized carbons (Fsp3) is 0.435. The standard InChI is InChI=1S/C23H28N4O/c1-15-8-9-18-19(22(28)26-10-6-7-16(26)2)12-20(25-21(18)11-15)17-13-24-27(14-17)23(3,4)5/h8-9,11-14,16H,6-7,10H2,1-5H3. The molecule has 0 bridgehead atoms. The van der Waals surface area contributed by atoms with E-state index >= 15 is 0 Å². The lowest BCUT2D eigenvalue weighted by atomic mass is 10.0. The summed E-state index contributed by atoms with van der Waals surface area (Å²) in [5.41, 5.74) is 4.35. The van der Waals surface area contributed by atoms with Crippen LogP contribution >= 0.6 is 0 Å². The third-order valence-electron chi connectivity index (χ3n) is 5.58. The first kappa shape index (κ1) is 18.7.